The lowest BCUT2D eigenvalue weighted by molar-refractivity contribution is -0.117. The number of hydrogen-bond acceptors (Lipinski definition) is 7. The number of nitrogens with one attached hydrogen (secondary N) is 3. The molecule has 0 saturated heterocycles. The van der Waals surface area contributed by atoms with E-state index in [-0.39, 0.29) is 40.3 Å². The molecule has 11 heteroatoms. The molecule has 0 atom stereocenters. The lowest BCUT2D eigenvalue weighted by atomic mass is 9.92. The first-order valence-corrected chi connectivity index (χ1v) is 13.0. The molecule has 9 nitrogen and oxygen atoms in total. The van der Waals surface area contributed by atoms with E-state index < -0.39 is 5.82 Å². The second kappa shape index (κ2) is 10.2. The maximum atomic E-state index is 16.1. The fourth-order valence-corrected chi connectivity index (χ4v) is 4.79. The van der Waals surface area contributed by atoms with Crippen molar-refractivity contribution in [2.24, 2.45) is 10.4 Å². The highest BCUT2D eigenvalue weighted by molar-refractivity contribution is 6.15. The normalized spacial score (nSPS) is 13.0. The summed E-state index contributed by atoms with van der Waals surface area (Å²) in [7, 11) is 0. The van der Waals surface area contributed by atoms with Crippen LogP contribution in [0.25, 0.3) is 33.4 Å². The van der Waals surface area contributed by atoms with E-state index in [4.69, 9.17) is 0 Å². The van der Waals surface area contributed by atoms with Crippen LogP contribution >= 0.6 is 0 Å². The molecule has 0 aliphatic carbocycles. The molecule has 6 rings (SSSR count). The van der Waals surface area contributed by atoms with Crippen LogP contribution in [0, 0.1) is 17.0 Å². The van der Waals surface area contributed by atoms with E-state index >= 15 is 4.39 Å². The summed E-state index contributed by atoms with van der Waals surface area (Å²) < 4.78 is 30.0. The molecule has 41 heavy (non-hydrogen) atoms. The van der Waals surface area contributed by atoms with Gasteiger partial charge in [-0.25, -0.2) is 13.8 Å². The lowest BCUT2D eigenvalue weighted by Gasteiger charge is -2.20. The summed E-state index contributed by atoms with van der Waals surface area (Å²) in [6.07, 6.45) is 6.37. The number of aliphatic imine (C=N–C) groups is 1. The number of halogens is 2. The average molecular weight is 553 g/mol. The number of hydrogen-bond donors (Lipinski definition) is 3. The van der Waals surface area contributed by atoms with Crippen LogP contribution in [0.2, 0.25) is 0 Å². The molecule has 5 aromatic rings. The molecule has 1 aliphatic heterocycles. The van der Waals surface area contributed by atoms with Crippen LogP contribution in [-0.4, -0.2) is 36.9 Å². The highest BCUT2D eigenvalue weighted by Gasteiger charge is 2.24. The summed E-state index contributed by atoms with van der Waals surface area (Å²) in [5.41, 5.74) is 4.23. The summed E-state index contributed by atoms with van der Waals surface area (Å²) in [4.78, 5) is 30.1. The minimum absolute atomic E-state index is 0.153. The van der Waals surface area contributed by atoms with E-state index in [0.29, 0.717) is 40.5 Å². The second-order valence-corrected chi connectivity index (χ2v) is 11.0. The molecule has 1 aromatic carbocycles. The first-order chi connectivity index (χ1) is 19.7. The van der Waals surface area contributed by atoms with Crippen LogP contribution < -0.4 is 10.6 Å². The molecular weight excluding hydrogens is 526 g/mol. The van der Waals surface area contributed by atoms with Gasteiger partial charge in [0.15, 0.2) is 11.5 Å². The minimum atomic E-state index is -0.552. The van der Waals surface area contributed by atoms with Gasteiger partial charge in [0.25, 0.3) is 0 Å². The number of H-pyrrole nitrogens is 1. The Morgan fingerprint density at radius 3 is 2.71 bits per heavy atom. The highest BCUT2D eigenvalue weighted by Crippen LogP contribution is 2.34. The number of fused-ring (bicyclic) bond motifs is 2. The number of anilines is 2. The Morgan fingerprint density at radius 2 is 1.90 bits per heavy atom. The molecule has 0 fully saturated rings. The molecule has 0 spiro atoms. The standard InChI is InChI=1S/C30H26F2N8O/c1-30(2,3)11-23(41)37-19-10-17(12-33-13-19)20-14-35-28-24(25(20)32)27(39-40-28)29-36-15-21-22(38-29)7-8-34-26(21)16-5-4-6-18(31)9-16/h4-10,12-14H,11,15H2,1-3H3,(H,36,38)(H,37,41)(H,35,39,40). The number of aromatic nitrogens is 5. The molecule has 0 saturated carbocycles. The van der Waals surface area contributed by atoms with Crippen molar-refractivity contribution in [2.75, 3.05) is 10.6 Å². The van der Waals surface area contributed by atoms with Gasteiger partial charge in [-0.05, 0) is 29.7 Å². The van der Waals surface area contributed by atoms with E-state index in [1.807, 2.05) is 20.8 Å². The number of amidine groups is 1. The van der Waals surface area contributed by atoms with Crippen LogP contribution in [0.3, 0.4) is 0 Å². The molecule has 1 aliphatic rings. The van der Waals surface area contributed by atoms with Gasteiger partial charge in [0.1, 0.15) is 17.3 Å². The third-order valence-electron chi connectivity index (χ3n) is 6.58. The van der Waals surface area contributed by atoms with E-state index in [2.05, 4.69) is 40.8 Å². The van der Waals surface area contributed by atoms with Crippen molar-refractivity contribution in [3.05, 3.63) is 84.1 Å². The summed E-state index contributed by atoms with van der Waals surface area (Å²) in [6, 6.07) is 9.67. The smallest absolute Gasteiger partial charge is 0.224 e. The number of amides is 1. The minimum Gasteiger partial charge on any atom is -0.338 e. The zero-order valence-corrected chi connectivity index (χ0v) is 22.6. The average Bonchev–Trinajstić information content (AvgIpc) is 3.37. The van der Waals surface area contributed by atoms with Crippen molar-refractivity contribution in [1.82, 2.24) is 25.1 Å². The molecule has 206 valence electrons. The predicted molar refractivity (Wildman–Crippen MR) is 153 cm³/mol. The first kappa shape index (κ1) is 26.2. The number of benzene rings is 1. The van der Waals surface area contributed by atoms with Gasteiger partial charge in [-0.2, -0.15) is 5.10 Å². The van der Waals surface area contributed by atoms with Crippen LogP contribution in [0.15, 0.2) is 66.2 Å². The monoisotopic (exact) mass is 552 g/mol. The summed E-state index contributed by atoms with van der Waals surface area (Å²) in [5.74, 6) is -0.676. The number of aromatic amines is 1. The van der Waals surface area contributed by atoms with Crippen molar-refractivity contribution in [1.29, 1.82) is 0 Å². The summed E-state index contributed by atoms with van der Waals surface area (Å²) >= 11 is 0. The van der Waals surface area contributed by atoms with Gasteiger partial charge < -0.3 is 10.6 Å². The topological polar surface area (TPSA) is 121 Å². The zero-order valence-electron chi connectivity index (χ0n) is 22.6. The Kier molecular flexibility index (Phi) is 6.49. The van der Waals surface area contributed by atoms with E-state index in [9.17, 15) is 9.18 Å². The van der Waals surface area contributed by atoms with Crippen LogP contribution in [0.4, 0.5) is 20.2 Å². The van der Waals surface area contributed by atoms with Crippen molar-refractivity contribution >= 4 is 34.2 Å². The van der Waals surface area contributed by atoms with Gasteiger partial charge in [-0.15, -0.1) is 0 Å². The van der Waals surface area contributed by atoms with Gasteiger partial charge in [-0.1, -0.05) is 32.9 Å². The van der Waals surface area contributed by atoms with Gasteiger partial charge in [-0.3, -0.25) is 24.9 Å². The van der Waals surface area contributed by atoms with E-state index in [1.165, 1.54) is 30.7 Å². The Morgan fingerprint density at radius 1 is 1.05 bits per heavy atom. The fourth-order valence-electron chi connectivity index (χ4n) is 4.79. The Balaban J connectivity index is 1.33. The zero-order chi connectivity index (χ0) is 28.7. The molecule has 1 amide bonds. The van der Waals surface area contributed by atoms with Gasteiger partial charge in [0.05, 0.1) is 29.5 Å². The Hall–Kier alpha value is -5.06. The largest absolute Gasteiger partial charge is 0.338 e. The number of carbonyl (C=O) groups is 1. The molecule has 5 heterocycles. The molecule has 4 aromatic heterocycles. The maximum absolute atomic E-state index is 16.1. The molecule has 0 radical (unpaired) electrons. The Labute approximate surface area is 234 Å². The molecule has 0 unspecified atom stereocenters. The van der Waals surface area contributed by atoms with Gasteiger partial charge in [0, 0.05) is 53.0 Å². The highest BCUT2D eigenvalue weighted by atomic mass is 19.1. The van der Waals surface area contributed by atoms with Crippen molar-refractivity contribution in [3.8, 4) is 22.4 Å². The fraction of sp³-hybridized carbons (Fsp3) is 0.200. The maximum Gasteiger partial charge on any atom is 0.224 e. The SMILES string of the molecule is CC(C)(C)CC(=O)Nc1cncc(-c2cnc3n[nH]c(C4=NCc5c(ccnc5-c5cccc(F)c5)N4)c3c2F)c1. The summed E-state index contributed by atoms with van der Waals surface area (Å²) in [6.45, 7) is 6.17. The first-order valence-electron chi connectivity index (χ1n) is 13.0. The van der Waals surface area contributed by atoms with Crippen LogP contribution in [-0.2, 0) is 11.3 Å². The lowest BCUT2D eigenvalue weighted by Crippen LogP contribution is -2.21. The van der Waals surface area contributed by atoms with Crippen molar-refractivity contribution < 1.29 is 13.6 Å². The number of rotatable bonds is 5. The third kappa shape index (κ3) is 5.25. The van der Waals surface area contributed by atoms with E-state index in [0.717, 1.165) is 11.3 Å². The molecular formula is C30H26F2N8O. The third-order valence-corrected chi connectivity index (χ3v) is 6.58. The molecule has 0 bridgehead atoms. The van der Waals surface area contributed by atoms with Gasteiger partial charge in [0.2, 0.25) is 5.91 Å². The van der Waals surface area contributed by atoms with Crippen LogP contribution in [0.5, 0.6) is 0 Å². The molecule has 3 N–H and O–H groups in total. The quantitative estimate of drug-likeness (QED) is 0.242. The van der Waals surface area contributed by atoms with E-state index in [1.54, 1.807) is 30.5 Å². The Bertz CT molecular complexity index is 1840. The van der Waals surface area contributed by atoms with Crippen molar-refractivity contribution in [3.63, 3.8) is 0 Å². The number of nitrogens with zero attached hydrogens (tertiary/aromatic N) is 5. The second-order valence-electron chi connectivity index (χ2n) is 11.0. The predicted octanol–water partition coefficient (Wildman–Crippen LogP) is 6.11. The van der Waals surface area contributed by atoms with Crippen LogP contribution in [0.1, 0.15) is 38.4 Å². The number of pyridine rings is 3. The summed E-state index contributed by atoms with van der Waals surface area (Å²) in [5, 5.41) is 13.3. The number of carbonyl (C=O) groups excluding carboxylic acids is 1. The van der Waals surface area contributed by atoms with Gasteiger partial charge >= 0.3 is 0 Å². The van der Waals surface area contributed by atoms with Crippen molar-refractivity contribution in [2.45, 2.75) is 33.7 Å².